The van der Waals surface area contributed by atoms with Gasteiger partial charge >= 0.3 is 12.0 Å². The Morgan fingerprint density at radius 1 is 0.906 bits per heavy atom. The number of hydrogen-bond acceptors (Lipinski definition) is 7. The highest BCUT2D eigenvalue weighted by Gasteiger charge is 2.21. The molecule has 0 saturated heterocycles. The van der Waals surface area contributed by atoms with Crippen LogP contribution in [-0.4, -0.2) is 38.9 Å². The topological polar surface area (TPSA) is 94.4 Å². The van der Waals surface area contributed by atoms with Gasteiger partial charge in [0, 0.05) is 11.1 Å². The maximum absolute atomic E-state index is 12.3. The molecule has 1 aromatic heterocycles. The first-order chi connectivity index (χ1) is 15.6. The Labute approximate surface area is 188 Å². The van der Waals surface area contributed by atoms with Crippen molar-refractivity contribution in [1.29, 1.82) is 0 Å². The summed E-state index contributed by atoms with van der Waals surface area (Å²) in [5.41, 5.74) is 1.62. The van der Waals surface area contributed by atoms with Crippen LogP contribution in [0.1, 0.15) is 39.5 Å². The molecule has 0 aliphatic carbocycles. The van der Waals surface area contributed by atoms with Crippen molar-refractivity contribution in [3.63, 3.8) is 0 Å². The van der Waals surface area contributed by atoms with Gasteiger partial charge in [-0.25, -0.2) is 4.98 Å². The number of nitrogens with zero attached hydrogens (tertiary/aromatic N) is 3. The predicted molar refractivity (Wildman–Crippen MR) is 122 cm³/mol. The van der Waals surface area contributed by atoms with Gasteiger partial charge in [0.05, 0.1) is 5.92 Å². The molecular formula is C25H29N3O4. The molecule has 32 heavy (non-hydrogen) atoms. The molecule has 0 radical (unpaired) electrons. The zero-order valence-corrected chi connectivity index (χ0v) is 18.5. The number of esters is 1. The van der Waals surface area contributed by atoms with Crippen LogP contribution in [0.5, 0.6) is 6.01 Å². The minimum absolute atomic E-state index is 0.0471. The number of aliphatic hydroxyl groups excluding tert-OH is 1. The van der Waals surface area contributed by atoms with Crippen LogP contribution >= 0.6 is 0 Å². The molecule has 0 saturated carbocycles. The van der Waals surface area contributed by atoms with Crippen molar-refractivity contribution >= 4 is 5.97 Å². The van der Waals surface area contributed by atoms with Crippen molar-refractivity contribution in [2.45, 2.75) is 45.8 Å². The summed E-state index contributed by atoms with van der Waals surface area (Å²) in [6.07, 6.45) is 1.95. The number of aliphatic hydroxyl groups is 1. The quantitative estimate of drug-likeness (QED) is 0.346. The molecule has 7 heteroatoms. The number of aromatic nitrogens is 3. The summed E-state index contributed by atoms with van der Waals surface area (Å²) >= 11 is 0. The van der Waals surface area contributed by atoms with E-state index < -0.39 is 12.3 Å². The van der Waals surface area contributed by atoms with Crippen LogP contribution in [-0.2, 0) is 9.53 Å². The van der Waals surface area contributed by atoms with Gasteiger partial charge in [0.2, 0.25) is 6.29 Å². The minimum Gasteiger partial charge on any atom is -0.457 e. The van der Waals surface area contributed by atoms with Crippen LogP contribution in [0.25, 0.3) is 22.8 Å². The third kappa shape index (κ3) is 6.59. The van der Waals surface area contributed by atoms with Gasteiger partial charge in [-0.15, -0.1) is 0 Å². The molecule has 7 nitrogen and oxygen atoms in total. The van der Waals surface area contributed by atoms with E-state index in [4.69, 9.17) is 9.47 Å². The monoisotopic (exact) mass is 435 g/mol. The Morgan fingerprint density at radius 3 is 1.97 bits per heavy atom. The highest BCUT2D eigenvalue weighted by molar-refractivity contribution is 5.72. The van der Waals surface area contributed by atoms with Crippen molar-refractivity contribution in [2.75, 3.05) is 6.61 Å². The average molecular weight is 436 g/mol. The van der Waals surface area contributed by atoms with E-state index in [1.54, 1.807) is 0 Å². The fourth-order valence-electron chi connectivity index (χ4n) is 3.20. The van der Waals surface area contributed by atoms with E-state index in [1.165, 1.54) is 0 Å². The van der Waals surface area contributed by atoms with Gasteiger partial charge < -0.3 is 14.6 Å². The molecule has 0 amide bonds. The van der Waals surface area contributed by atoms with Crippen molar-refractivity contribution in [3.8, 4) is 28.8 Å². The first kappa shape index (κ1) is 23.3. The fourth-order valence-corrected chi connectivity index (χ4v) is 3.20. The summed E-state index contributed by atoms with van der Waals surface area (Å²) in [6, 6.07) is 19.0. The molecule has 3 aromatic rings. The van der Waals surface area contributed by atoms with E-state index in [-0.39, 0.29) is 18.5 Å². The molecule has 1 heterocycles. The summed E-state index contributed by atoms with van der Waals surface area (Å²) < 4.78 is 10.8. The summed E-state index contributed by atoms with van der Waals surface area (Å²) in [7, 11) is 0. The van der Waals surface area contributed by atoms with Crippen LogP contribution in [0.2, 0.25) is 0 Å². The predicted octanol–water partition coefficient (Wildman–Crippen LogP) is 4.66. The minimum atomic E-state index is -1.41. The molecule has 2 atom stereocenters. The SMILES string of the molecule is CCCCC(CC)C(=O)OC(O)COc1nc(-c2ccccc2)nc(-c2ccccc2)n1. The zero-order chi connectivity index (χ0) is 22.8. The second-order valence-electron chi connectivity index (χ2n) is 7.45. The first-order valence-electron chi connectivity index (χ1n) is 11.0. The number of carbonyl (C=O) groups excluding carboxylic acids is 1. The summed E-state index contributed by atoms with van der Waals surface area (Å²) in [6.45, 7) is 3.73. The Bertz CT molecular complexity index is 925. The zero-order valence-electron chi connectivity index (χ0n) is 18.5. The Kier molecular flexibility index (Phi) is 8.69. The van der Waals surface area contributed by atoms with Crippen molar-refractivity contribution in [2.24, 2.45) is 5.92 Å². The number of hydrogen-bond donors (Lipinski definition) is 1. The van der Waals surface area contributed by atoms with E-state index >= 15 is 0 Å². The van der Waals surface area contributed by atoms with E-state index in [1.807, 2.05) is 67.6 Å². The van der Waals surface area contributed by atoms with Crippen LogP contribution in [0.4, 0.5) is 0 Å². The van der Waals surface area contributed by atoms with Gasteiger partial charge in [0.1, 0.15) is 0 Å². The summed E-state index contributed by atoms with van der Waals surface area (Å²) in [5.74, 6) is 0.261. The van der Waals surface area contributed by atoms with Gasteiger partial charge in [-0.05, 0) is 12.8 Å². The van der Waals surface area contributed by atoms with Gasteiger partial charge in [-0.2, -0.15) is 9.97 Å². The van der Waals surface area contributed by atoms with Gasteiger partial charge in [0.25, 0.3) is 0 Å². The molecule has 168 valence electrons. The summed E-state index contributed by atoms with van der Waals surface area (Å²) in [5, 5.41) is 10.2. The van der Waals surface area contributed by atoms with Crippen molar-refractivity contribution < 1.29 is 19.4 Å². The number of rotatable bonds is 11. The Balaban J connectivity index is 1.73. The Morgan fingerprint density at radius 2 is 1.47 bits per heavy atom. The second-order valence-corrected chi connectivity index (χ2v) is 7.45. The molecule has 3 rings (SSSR count). The first-order valence-corrected chi connectivity index (χ1v) is 11.0. The standard InChI is InChI=1S/C25H29N3O4/c1-3-5-12-18(4-2)24(30)32-21(29)17-31-25-27-22(19-13-8-6-9-14-19)26-23(28-25)20-15-10-7-11-16-20/h6-11,13-16,18,21,29H,3-5,12,17H2,1-2H3. The molecule has 1 N–H and O–H groups in total. The van der Waals surface area contributed by atoms with Crippen molar-refractivity contribution in [3.05, 3.63) is 60.7 Å². The maximum Gasteiger partial charge on any atom is 0.320 e. The fraction of sp³-hybridized carbons (Fsp3) is 0.360. The molecule has 0 fully saturated rings. The second kappa shape index (κ2) is 11.9. The van der Waals surface area contributed by atoms with Crippen LogP contribution in [0.3, 0.4) is 0 Å². The molecule has 2 unspecified atom stereocenters. The largest absolute Gasteiger partial charge is 0.457 e. The number of ether oxygens (including phenoxy) is 2. The van der Waals surface area contributed by atoms with Gasteiger partial charge in [0.15, 0.2) is 18.3 Å². The highest BCUT2D eigenvalue weighted by Crippen LogP contribution is 2.22. The van der Waals surface area contributed by atoms with Gasteiger partial charge in [-0.3, -0.25) is 4.79 Å². The molecule has 0 aliphatic heterocycles. The number of unbranched alkanes of at least 4 members (excludes halogenated alkanes) is 1. The highest BCUT2D eigenvalue weighted by atomic mass is 16.7. The van der Waals surface area contributed by atoms with Crippen LogP contribution < -0.4 is 4.74 Å². The summed E-state index contributed by atoms with van der Waals surface area (Å²) in [4.78, 5) is 25.6. The molecule has 0 bridgehead atoms. The van der Waals surface area contributed by atoms with E-state index in [0.717, 1.165) is 30.4 Å². The van der Waals surface area contributed by atoms with Crippen LogP contribution in [0, 0.1) is 5.92 Å². The number of benzene rings is 2. The molecule has 0 aliphatic rings. The maximum atomic E-state index is 12.3. The Hall–Kier alpha value is -3.32. The van der Waals surface area contributed by atoms with E-state index in [2.05, 4.69) is 21.9 Å². The van der Waals surface area contributed by atoms with Crippen molar-refractivity contribution in [1.82, 2.24) is 15.0 Å². The van der Waals surface area contributed by atoms with E-state index in [9.17, 15) is 9.90 Å². The molecule has 2 aromatic carbocycles. The third-order valence-corrected chi connectivity index (χ3v) is 5.02. The number of carbonyl (C=O) groups is 1. The lowest BCUT2D eigenvalue weighted by atomic mass is 10.00. The lowest BCUT2D eigenvalue weighted by Gasteiger charge is -2.17. The molecular weight excluding hydrogens is 406 g/mol. The van der Waals surface area contributed by atoms with Gasteiger partial charge in [-0.1, -0.05) is 87.4 Å². The van der Waals surface area contributed by atoms with E-state index in [0.29, 0.717) is 18.1 Å². The lowest BCUT2D eigenvalue weighted by Crippen LogP contribution is -2.28. The third-order valence-electron chi connectivity index (χ3n) is 5.02. The van der Waals surface area contributed by atoms with Crippen LogP contribution in [0.15, 0.2) is 60.7 Å². The molecule has 0 spiro atoms. The lowest BCUT2D eigenvalue weighted by molar-refractivity contribution is -0.177. The smallest absolute Gasteiger partial charge is 0.320 e. The average Bonchev–Trinajstić information content (AvgIpc) is 2.84. The normalized spacial score (nSPS) is 12.7.